The Morgan fingerprint density at radius 1 is 0.525 bits per heavy atom. The first-order valence-electron chi connectivity index (χ1n) is 17.9. The highest BCUT2D eigenvalue weighted by Gasteiger charge is 2.62. The van der Waals surface area contributed by atoms with Crippen LogP contribution in [0.25, 0.3) is 0 Å². The second-order valence-corrected chi connectivity index (χ2v) is 24.6. The zero-order chi connectivity index (χ0) is 26.1. The van der Waals surface area contributed by atoms with E-state index in [-0.39, 0.29) is 7.92 Å². The van der Waals surface area contributed by atoms with E-state index >= 15 is 0 Å². The molecule has 1 aromatic carbocycles. The van der Waals surface area contributed by atoms with Crippen LogP contribution in [0.3, 0.4) is 0 Å². The molecular weight excluding hydrogens is 537 g/mol. The fraction of sp³-hybridized carbons (Fsp3) is 0.838. The van der Waals surface area contributed by atoms with Crippen LogP contribution in [0.5, 0.6) is 0 Å². The summed E-state index contributed by atoms with van der Waals surface area (Å²) in [7, 11) is 2.41. The van der Waals surface area contributed by atoms with Gasteiger partial charge in [0.1, 0.15) is 0 Å². The lowest BCUT2D eigenvalue weighted by molar-refractivity contribution is 0.0184. The van der Waals surface area contributed by atoms with Gasteiger partial charge in [-0.3, -0.25) is 0 Å². The van der Waals surface area contributed by atoms with Gasteiger partial charge in [0.05, 0.1) is 0 Å². The van der Waals surface area contributed by atoms with E-state index in [1.165, 1.54) is 14.4 Å². The predicted octanol–water partition coefficient (Wildman–Crippen LogP) is 10.5. The van der Waals surface area contributed by atoms with Crippen molar-refractivity contribution in [3.05, 3.63) is 29.8 Å². The van der Waals surface area contributed by atoms with Crippen LogP contribution in [0.2, 0.25) is 0 Å². The Morgan fingerprint density at radius 3 is 1.32 bits per heavy atom. The van der Waals surface area contributed by atoms with Crippen LogP contribution in [-0.2, 0) is 6.16 Å². The van der Waals surface area contributed by atoms with Gasteiger partial charge in [0, 0.05) is 0 Å². The van der Waals surface area contributed by atoms with Crippen molar-refractivity contribution in [2.24, 2.45) is 53.3 Å². The van der Waals surface area contributed by atoms with Crippen molar-refractivity contribution in [1.82, 2.24) is 0 Å². The molecule has 12 aliphatic rings. The molecule has 13 rings (SSSR count). The molecule has 12 saturated carbocycles. The normalized spacial score (nSPS) is 54.0. The Hall–Kier alpha value is 0.510. The van der Waals surface area contributed by atoms with Crippen LogP contribution in [0.15, 0.2) is 24.3 Å². The van der Waals surface area contributed by atoms with Crippen LogP contribution in [0.1, 0.15) is 121 Å². The van der Waals surface area contributed by atoms with Crippen LogP contribution >= 0.6 is 24.5 Å². The van der Waals surface area contributed by atoms with Gasteiger partial charge in [-0.25, -0.2) is 0 Å². The second-order valence-electron chi connectivity index (χ2n) is 18.0. The van der Waals surface area contributed by atoms with E-state index in [1.54, 1.807) is 116 Å². The van der Waals surface area contributed by atoms with Crippen LogP contribution in [-0.4, -0.2) is 15.5 Å². The average Bonchev–Trinajstić information content (AvgIpc) is 2.89. The van der Waals surface area contributed by atoms with Gasteiger partial charge in [-0.15, -0.1) is 0 Å². The first-order valence-corrected chi connectivity index (χ1v) is 22.4. The Bertz CT molecular complexity index is 1020. The summed E-state index contributed by atoms with van der Waals surface area (Å²) in [5, 5.41) is 4.16. The average molecular weight is 591 g/mol. The van der Waals surface area contributed by atoms with E-state index in [4.69, 9.17) is 0 Å². The molecule has 12 fully saturated rings. The lowest BCUT2D eigenvalue weighted by atomic mass is 9.55. The molecule has 1 aromatic rings. The molecule has 2 unspecified atom stereocenters. The number of hydrogen-bond donors (Lipinski definition) is 0. The van der Waals surface area contributed by atoms with Crippen molar-refractivity contribution in [3.8, 4) is 0 Å². The van der Waals surface area contributed by atoms with Crippen LogP contribution in [0.4, 0.5) is 0 Å². The molecule has 3 heteroatoms. The predicted molar refractivity (Wildman–Crippen MR) is 176 cm³/mol. The van der Waals surface area contributed by atoms with E-state index in [2.05, 4.69) is 24.3 Å². The van der Waals surface area contributed by atoms with Gasteiger partial charge >= 0.3 is 0 Å². The molecular formula is C37H53P3. The topological polar surface area (TPSA) is 0 Å². The monoisotopic (exact) mass is 590 g/mol. The lowest BCUT2D eigenvalue weighted by Crippen LogP contribution is -2.56. The zero-order valence-corrected chi connectivity index (χ0v) is 27.8. The Labute approximate surface area is 249 Å². The van der Waals surface area contributed by atoms with Gasteiger partial charge in [0.15, 0.2) is 0 Å². The van der Waals surface area contributed by atoms with Gasteiger partial charge in [-0.2, -0.15) is 0 Å². The van der Waals surface area contributed by atoms with E-state index < -0.39 is 0 Å². The molecule has 0 amide bonds. The van der Waals surface area contributed by atoms with Gasteiger partial charge in [0.2, 0.25) is 0 Å². The van der Waals surface area contributed by atoms with Crippen molar-refractivity contribution >= 4 is 29.8 Å². The molecule has 12 aliphatic carbocycles. The van der Waals surface area contributed by atoms with Crippen molar-refractivity contribution in [3.63, 3.8) is 0 Å². The fourth-order valence-electron chi connectivity index (χ4n) is 15.0. The molecule has 0 aliphatic heterocycles. The molecule has 0 heterocycles. The number of hydrogen-bond acceptors (Lipinski definition) is 0. The molecule has 0 spiro atoms. The summed E-state index contributed by atoms with van der Waals surface area (Å²) in [6.45, 7) is 0. The van der Waals surface area contributed by atoms with Crippen LogP contribution < -0.4 is 5.30 Å². The molecule has 0 saturated heterocycles. The Balaban J connectivity index is 0.982. The summed E-state index contributed by atoms with van der Waals surface area (Å²) in [4.78, 5) is 0. The standard InChI is InChI=1S/C37H53P3/c1-2-4-34(38-39-35-14-24-5-25(15-35)7-26(6-24)16-35)33(3-1)23-40(36-17-27-8-28(18-36)10-29(9-27)19-36)37-20-30-11-31(21-37)13-32(12-30)22-37/h1-4,24-32,38-39H,5-23H2. The lowest BCUT2D eigenvalue weighted by Gasteiger charge is -2.67. The molecule has 0 aromatic heterocycles. The second kappa shape index (κ2) is 9.27. The minimum absolute atomic E-state index is 0.0684. The summed E-state index contributed by atoms with van der Waals surface area (Å²) in [5.74, 6) is 10.00. The zero-order valence-electron chi connectivity index (χ0n) is 24.9. The third kappa shape index (κ3) is 4.13. The van der Waals surface area contributed by atoms with E-state index in [0.29, 0.717) is 0 Å². The molecule has 2 atom stereocenters. The number of rotatable bonds is 7. The maximum absolute atomic E-state index is 2.67. The summed E-state index contributed by atoms with van der Waals surface area (Å²) in [6.07, 6.45) is 30.8. The van der Waals surface area contributed by atoms with E-state index in [0.717, 1.165) is 77.0 Å². The minimum atomic E-state index is 0.0684. The van der Waals surface area contributed by atoms with Crippen molar-refractivity contribution in [1.29, 1.82) is 0 Å². The molecule has 40 heavy (non-hydrogen) atoms. The molecule has 0 N–H and O–H groups in total. The van der Waals surface area contributed by atoms with Crippen molar-refractivity contribution in [2.75, 3.05) is 0 Å². The van der Waals surface area contributed by atoms with E-state index in [9.17, 15) is 0 Å². The maximum Gasteiger partial charge on any atom is -0.00568 e. The molecule has 0 radical (unpaired) electrons. The Kier molecular flexibility index (Phi) is 5.98. The highest BCUT2D eigenvalue weighted by molar-refractivity contribution is 8.16. The molecule has 216 valence electrons. The summed E-state index contributed by atoms with van der Waals surface area (Å²) in [5.41, 5.74) is 1.87. The molecule has 0 nitrogen and oxygen atoms in total. The minimum Gasteiger partial charge on any atom is -0.0894 e. The van der Waals surface area contributed by atoms with Crippen LogP contribution in [0, 0.1) is 53.3 Å². The number of benzene rings is 1. The van der Waals surface area contributed by atoms with Gasteiger partial charge < -0.3 is 0 Å². The first-order chi connectivity index (χ1) is 19.5. The Morgan fingerprint density at radius 2 is 0.900 bits per heavy atom. The largest absolute Gasteiger partial charge is 0.0894 e. The third-order valence-corrected chi connectivity index (χ3v) is 23.8. The van der Waals surface area contributed by atoms with Crippen molar-refractivity contribution in [2.45, 2.75) is 137 Å². The first kappa shape index (κ1) is 25.8. The smallest absolute Gasteiger partial charge is 0.00568 e. The summed E-state index contributed by atoms with van der Waals surface area (Å²) < 4.78 is 0. The summed E-state index contributed by atoms with van der Waals surface area (Å²) >= 11 is 0. The van der Waals surface area contributed by atoms with Gasteiger partial charge in [-0.1, -0.05) is 48.7 Å². The summed E-state index contributed by atoms with van der Waals surface area (Å²) in [6, 6.07) is 10.2. The van der Waals surface area contributed by atoms with Gasteiger partial charge in [0.25, 0.3) is 0 Å². The third-order valence-electron chi connectivity index (χ3n) is 15.0. The van der Waals surface area contributed by atoms with Gasteiger partial charge in [-0.05, 0) is 201 Å². The molecule has 12 bridgehead atoms. The van der Waals surface area contributed by atoms with Crippen molar-refractivity contribution < 1.29 is 0 Å². The SMILES string of the molecule is c1ccc(PPC23CC4CC(CC(C4)C2)C3)c(CP(C23CC4CC(CC(C4)C2)C3)C23CC4CC(CC(C4)C2)C3)c1. The highest BCUT2D eigenvalue weighted by Crippen LogP contribution is 2.80. The quantitative estimate of drug-likeness (QED) is 0.277. The maximum atomic E-state index is 2.67. The van der Waals surface area contributed by atoms with E-state index in [1.807, 2.05) is 10.9 Å². The highest BCUT2D eigenvalue weighted by atomic mass is 32.0. The fourth-order valence-corrected chi connectivity index (χ4v) is 25.3.